The maximum absolute atomic E-state index is 6.46. The molecule has 0 radical (unpaired) electrons. The van der Waals surface area contributed by atoms with Crippen LogP contribution in [-0.4, -0.2) is 14.5 Å². The standard InChI is InChI=1S/C44H27N3O/c1-3-12-28(13-4-1)41-36-24-23-35-34-19-8-10-21-40(34)48-43(35)42(36)46-44(45-41)31-15-11-14-29(26-31)30-22-25-39-37(27-30)33-18-7-9-20-38(33)47(39)32-16-5-2-6-17-32/h1-27H. The van der Waals surface area contributed by atoms with E-state index in [9.17, 15) is 0 Å². The molecule has 224 valence electrons. The number of furan rings is 1. The van der Waals surface area contributed by atoms with E-state index in [1.165, 1.54) is 21.8 Å². The van der Waals surface area contributed by atoms with Crippen molar-refractivity contribution in [3.8, 4) is 39.5 Å². The number of para-hydroxylation sites is 3. The van der Waals surface area contributed by atoms with Gasteiger partial charge >= 0.3 is 0 Å². The second-order valence-corrected chi connectivity index (χ2v) is 12.2. The van der Waals surface area contributed by atoms with Gasteiger partial charge in [-0.05, 0) is 65.7 Å². The molecule has 0 aliphatic heterocycles. The molecule has 0 saturated heterocycles. The molecule has 0 fully saturated rings. The molecule has 4 heteroatoms. The Labute approximate surface area is 276 Å². The fourth-order valence-corrected chi connectivity index (χ4v) is 7.16. The topological polar surface area (TPSA) is 43.9 Å². The Morgan fingerprint density at radius 1 is 0.417 bits per heavy atom. The molecule has 10 rings (SSSR count). The van der Waals surface area contributed by atoms with E-state index < -0.39 is 0 Å². The highest BCUT2D eigenvalue weighted by molar-refractivity contribution is 6.16. The van der Waals surface area contributed by atoms with Crippen LogP contribution in [0.25, 0.3) is 94.1 Å². The van der Waals surface area contributed by atoms with Crippen molar-refractivity contribution < 1.29 is 4.42 Å². The van der Waals surface area contributed by atoms with Crippen LogP contribution in [0.15, 0.2) is 168 Å². The highest BCUT2D eigenvalue weighted by atomic mass is 16.3. The van der Waals surface area contributed by atoms with Gasteiger partial charge in [-0.2, -0.15) is 0 Å². The van der Waals surface area contributed by atoms with Gasteiger partial charge in [0.25, 0.3) is 0 Å². The van der Waals surface area contributed by atoms with Crippen molar-refractivity contribution in [2.75, 3.05) is 0 Å². The zero-order valence-corrected chi connectivity index (χ0v) is 25.8. The fraction of sp³-hybridized carbons (Fsp3) is 0. The fourth-order valence-electron chi connectivity index (χ4n) is 7.16. The number of rotatable bonds is 4. The van der Waals surface area contributed by atoms with Crippen LogP contribution >= 0.6 is 0 Å². The summed E-state index contributed by atoms with van der Waals surface area (Å²) in [5.74, 6) is 0.665. The van der Waals surface area contributed by atoms with E-state index in [4.69, 9.17) is 14.4 Å². The predicted octanol–water partition coefficient (Wildman–Crippen LogP) is 11.6. The highest BCUT2D eigenvalue weighted by Crippen LogP contribution is 2.39. The maximum Gasteiger partial charge on any atom is 0.161 e. The van der Waals surface area contributed by atoms with E-state index in [0.29, 0.717) is 5.82 Å². The molecule has 0 spiro atoms. The molecule has 0 aliphatic rings. The predicted molar refractivity (Wildman–Crippen MR) is 197 cm³/mol. The summed E-state index contributed by atoms with van der Waals surface area (Å²) in [5, 5.41) is 5.56. The van der Waals surface area contributed by atoms with E-state index in [0.717, 1.165) is 66.5 Å². The molecule has 0 unspecified atom stereocenters. The molecule has 0 saturated carbocycles. The van der Waals surface area contributed by atoms with Gasteiger partial charge in [0.2, 0.25) is 0 Å². The summed E-state index contributed by atoms with van der Waals surface area (Å²) < 4.78 is 8.80. The van der Waals surface area contributed by atoms with Gasteiger partial charge < -0.3 is 8.98 Å². The molecule has 3 aromatic heterocycles. The van der Waals surface area contributed by atoms with Crippen molar-refractivity contribution >= 4 is 54.6 Å². The van der Waals surface area contributed by atoms with Crippen LogP contribution in [0.2, 0.25) is 0 Å². The molecular formula is C44H27N3O. The van der Waals surface area contributed by atoms with Crippen molar-refractivity contribution in [2.24, 2.45) is 0 Å². The van der Waals surface area contributed by atoms with Gasteiger partial charge in [-0.1, -0.05) is 109 Å². The molecule has 0 atom stereocenters. The molecule has 0 bridgehead atoms. The van der Waals surface area contributed by atoms with Gasteiger partial charge in [-0.15, -0.1) is 0 Å². The van der Waals surface area contributed by atoms with Crippen molar-refractivity contribution in [3.63, 3.8) is 0 Å². The summed E-state index contributed by atoms with van der Waals surface area (Å²) in [6.07, 6.45) is 0. The van der Waals surface area contributed by atoms with Crippen LogP contribution < -0.4 is 0 Å². The number of benzene rings is 7. The molecule has 0 amide bonds. The molecular weight excluding hydrogens is 587 g/mol. The average Bonchev–Trinajstić information content (AvgIpc) is 3.71. The van der Waals surface area contributed by atoms with E-state index in [2.05, 4.69) is 132 Å². The van der Waals surface area contributed by atoms with Crippen molar-refractivity contribution in [2.45, 2.75) is 0 Å². The molecule has 3 heterocycles. The Balaban J connectivity index is 1.17. The van der Waals surface area contributed by atoms with E-state index in [-0.39, 0.29) is 0 Å². The number of hydrogen-bond donors (Lipinski definition) is 0. The molecule has 48 heavy (non-hydrogen) atoms. The van der Waals surface area contributed by atoms with Gasteiger partial charge in [0.05, 0.1) is 16.7 Å². The lowest BCUT2D eigenvalue weighted by atomic mass is 10.00. The first-order chi connectivity index (χ1) is 23.8. The minimum absolute atomic E-state index is 0.665. The third kappa shape index (κ3) is 4.10. The zero-order chi connectivity index (χ0) is 31.6. The highest BCUT2D eigenvalue weighted by Gasteiger charge is 2.18. The summed E-state index contributed by atoms with van der Waals surface area (Å²) >= 11 is 0. The Hall–Kier alpha value is -6.52. The van der Waals surface area contributed by atoms with Gasteiger partial charge in [0.15, 0.2) is 11.4 Å². The minimum Gasteiger partial charge on any atom is -0.454 e. The first-order valence-corrected chi connectivity index (χ1v) is 16.2. The third-order valence-electron chi connectivity index (χ3n) is 9.40. The Morgan fingerprint density at radius 3 is 1.96 bits per heavy atom. The van der Waals surface area contributed by atoms with Crippen LogP contribution in [0, 0.1) is 0 Å². The van der Waals surface area contributed by atoms with Crippen molar-refractivity contribution in [1.29, 1.82) is 0 Å². The van der Waals surface area contributed by atoms with Gasteiger partial charge in [-0.25, -0.2) is 9.97 Å². The molecule has 10 aromatic rings. The number of fused-ring (bicyclic) bond motifs is 8. The average molecular weight is 614 g/mol. The Morgan fingerprint density at radius 2 is 1.08 bits per heavy atom. The van der Waals surface area contributed by atoms with Crippen LogP contribution in [0.1, 0.15) is 0 Å². The summed E-state index contributed by atoms with van der Waals surface area (Å²) in [7, 11) is 0. The summed E-state index contributed by atoms with van der Waals surface area (Å²) in [5.41, 5.74) is 11.1. The van der Waals surface area contributed by atoms with Crippen LogP contribution in [0.5, 0.6) is 0 Å². The maximum atomic E-state index is 6.46. The lowest BCUT2D eigenvalue weighted by Gasteiger charge is -2.11. The first kappa shape index (κ1) is 26.7. The summed E-state index contributed by atoms with van der Waals surface area (Å²) in [6, 6.07) is 57.3. The number of aromatic nitrogens is 3. The number of nitrogens with zero attached hydrogens (tertiary/aromatic N) is 3. The second-order valence-electron chi connectivity index (χ2n) is 12.2. The first-order valence-electron chi connectivity index (χ1n) is 16.2. The van der Waals surface area contributed by atoms with Gasteiger partial charge in [0, 0.05) is 43.7 Å². The SMILES string of the molecule is c1ccc(-c2nc(-c3cccc(-c4ccc5c(c4)c4ccccc4n5-c4ccccc4)c3)nc3c2ccc2c4ccccc4oc23)cc1. The Kier molecular flexibility index (Phi) is 5.84. The monoisotopic (exact) mass is 613 g/mol. The van der Waals surface area contributed by atoms with Crippen LogP contribution in [0.4, 0.5) is 0 Å². The Bertz CT molecular complexity index is 2830. The largest absolute Gasteiger partial charge is 0.454 e. The number of hydrogen-bond acceptors (Lipinski definition) is 3. The smallest absolute Gasteiger partial charge is 0.161 e. The van der Waals surface area contributed by atoms with Crippen LogP contribution in [0.3, 0.4) is 0 Å². The van der Waals surface area contributed by atoms with Crippen molar-refractivity contribution in [1.82, 2.24) is 14.5 Å². The lowest BCUT2D eigenvalue weighted by Crippen LogP contribution is -1.96. The lowest BCUT2D eigenvalue weighted by molar-refractivity contribution is 0.671. The van der Waals surface area contributed by atoms with E-state index >= 15 is 0 Å². The quantitative estimate of drug-likeness (QED) is 0.198. The van der Waals surface area contributed by atoms with Gasteiger partial charge in [-0.3, -0.25) is 0 Å². The van der Waals surface area contributed by atoms with E-state index in [1.54, 1.807) is 0 Å². The molecule has 4 nitrogen and oxygen atoms in total. The third-order valence-corrected chi connectivity index (χ3v) is 9.40. The normalized spacial score (nSPS) is 11.8. The minimum atomic E-state index is 0.665. The van der Waals surface area contributed by atoms with E-state index in [1.807, 2.05) is 36.4 Å². The molecule has 0 N–H and O–H groups in total. The zero-order valence-electron chi connectivity index (χ0n) is 25.8. The van der Waals surface area contributed by atoms with Crippen molar-refractivity contribution in [3.05, 3.63) is 164 Å². The van der Waals surface area contributed by atoms with Crippen LogP contribution in [-0.2, 0) is 0 Å². The molecule has 0 aliphatic carbocycles. The second kappa shape index (κ2) is 10.5. The molecule has 7 aromatic carbocycles. The summed E-state index contributed by atoms with van der Waals surface area (Å²) in [6.45, 7) is 0. The van der Waals surface area contributed by atoms with Gasteiger partial charge in [0.1, 0.15) is 11.1 Å². The summed E-state index contributed by atoms with van der Waals surface area (Å²) in [4.78, 5) is 10.4.